The van der Waals surface area contributed by atoms with Gasteiger partial charge in [0, 0.05) is 9.26 Å². The fourth-order valence-electron chi connectivity index (χ4n) is 1.23. The molecule has 6 nitrogen and oxygen atoms in total. The summed E-state index contributed by atoms with van der Waals surface area (Å²) in [5, 5.41) is 22.2. The lowest BCUT2D eigenvalue weighted by molar-refractivity contribution is -0.140. The van der Waals surface area contributed by atoms with Crippen LogP contribution in [0.4, 0.5) is 10.5 Å². The molecule has 98 valence electrons. The highest BCUT2D eigenvalue weighted by Gasteiger charge is 2.18. The van der Waals surface area contributed by atoms with E-state index in [1.807, 2.05) is 19.1 Å². The predicted octanol–water partition coefficient (Wildman–Crippen LogP) is 1.17. The molecule has 0 saturated heterocycles. The van der Waals surface area contributed by atoms with E-state index >= 15 is 0 Å². The van der Waals surface area contributed by atoms with Gasteiger partial charge in [-0.05, 0) is 47.2 Å². The first-order valence-electron chi connectivity index (χ1n) is 5.11. The second kappa shape index (κ2) is 6.55. The molecular formula is C11H13IN2O4. The van der Waals surface area contributed by atoms with Gasteiger partial charge in [-0.25, -0.2) is 9.59 Å². The Labute approximate surface area is 118 Å². The van der Waals surface area contributed by atoms with E-state index in [9.17, 15) is 9.59 Å². The van der Waals surface area contributed by atoms with Crippen LogP contribution >= 0.6 is 22.6 Å². The molecule has 0 saturated carbocycles. The number of carboxylic acids is 1. The zero-order valence-corrected chi connectivity index (χ0v) is 11.8. The van der Waals surface area contributed by atoms with Gasteiger partial charge >= 0.3 is 12.0 Å². The van der Waals surface area contributed by atoms with Crippen LogP contribution < -0.4 is 10.6 Å². The summed E-state index contributed by atoms with van der Waals surface area (Å²) in [6.07, 6.45) is 0. The van der Waals surface area contributed by atoms with Crippen molar-refractivity contribution in [2.75, 3.05) is 11.9 Å². The van der Waals surface area contributed by atoms with Crippen LogP contribution in [-0.2, 0) is 4.79 Å². The van der Waals surface area contributed by atoms with E-state index in [0.717, 1.165) is 9.13 Å². The van der Waals surface area contributed by atoms with Crippen molar-refractivity contribution in [1.82, 2.24) is 5.32 Å². The van der Waals surface area contributed by atoms with E-state index in [-0.39, 0.29) is 0 Å². The van der Waals surface area contributed by atoms with Gasteiger partial charge in [0.15, 0.2) is 6.04 Å². The number of aliphatic hydroxyl groups excluding tert-OH is 1. The molecule has 18 heavy (non-hydrogen) atoms. The Balaban J connectivity index is 2.70. The van der Waals surface area contributed by atoms with Crippen LogP contribution in [0.5, 0.6) is 0 Å². The summed E-state index contributed by atoms with van der Waals surface area (Å²) in [6.45, 7) is 1.17. The number of nitrogens with one attached hydrogen (secondary N) is 2. The number of carbonyl (C=O) groups is 2. The van der Waals surface area contributed by atoms with Gasteiger partial charge in [-0.1, -0.05) is 6.07 Å². The first kappa shape index (κ1) is 14.7. The first-order chi connectivity index (χ1) is 8.43. The maximum Gasteiger partial charge on any atom is 0.328 e. The van der Waals surface area contributed by atoms with E-state index in [2.05, 4.69) is 33.2 Å². The number of aliphatic hydroxyl groups is 1. The zero-order chi connectivity index (χ0) is 13.7. The maximum absolute atomic E-state index is 11.6. The Kier molecular flexibility index (Phi) is 5.35. The van der Waals surface area contributed by atoms with E-state index in [0.29, 0.717) is 5.69 Å². The Hall–Kier alpha value is -1.35. The van der Waals surface area contributed by atoms with Crippen molar-refractivity contribution in [3.05, 3.63) is 27.3 Å². The van der Waals surface area contributed by atoms with Crippen LogP contribution in [0.3, 0.4) is 0 Å². The van der Waals surface area contributed by atoms with Crippen molar-refractivity contribution in [2.24, 2.45) is 0 Å². The highest BCUT2D eigenvalue weighted by molar-refractivity contribution is 14.1. The third-order valence-electron chi connectivity index (χ3n) is 2.23. The van der Waals surface area contributed by atoms with Gasteiger partial charge in [-0.3, -0.25) is 0 Å². The number of hydrogen-bond acceptors (Lipinski definition) is 3. The summed E-state index contributed by atoms with van der Waals surface area (Å²) < 4.78 is 0.949. The molecule has 0 radical (unpaired) electrons. The minimum absolute atomic E-state index is 0.599. The van der Waals surface area contributed by atoms with Crippen LogP contribution in [0.15, 0.2) is 18.2 Å². The molecule has 0 aliphatic rings. The fraction of sp³-hybridized carbons (Fsp3) is 0.273. The number of aliphatic carboxylic acids is 1. The van der Waals surface area contributed by atoms with Gasteiger partial charge in [0.25, 0.3) is 0 Å². The highest BCUT2D eigenvalue weighted by Crippen LogP contribution is 2.17. The molecule has 0 bridgehead atoms. The average molecular weight is 364 g/mol. The molecular weight excluding hydrogens is 351 g/mol. The molecule has 0 aliphatic carbocycles. The van der Waals surface area contributed by atoms with E-state index < -0.39 is 24.6 Å². The lowest BCUT2D eigenvalue weighted by atomic mass is 10.2. The molecule has 0 fully saturated rings. The standard InChI is InChI=1S/C11H13IN2O4/c1-6-2-3-7(12)4-8(6)13-11(18)14-9(5-15)10(16)17/h2-4,9,15H,5H2,1H3,(H,16,17)(H2,13,14,18)/t9-/m1/s1. The van der Waals surface area contributed by atoms with Crippen molar-refractivity contribution >= 4 is 40.3 Å². The number of benzene rings is 1. The molecule has 0 heterocycles. The number of amides is 2. The highest BCUT2D eigenvalue weighted by atomic mass is 127. The van der Waals surface area contributed by atoms with Crippen molar-refractivity contribution < 1.29 is 19.8 Å². The second-order valence-electron chi connectivity index (χ2n) is 3.63. The zero-order valence-electron chi connectivity index (χ0n) is 9.61. The largest absolute Gasteiger partial charge is 0.480 e. The van der Waals surface area contributed by atoms with Crippen molar-refractivity contribution in [3.63, 3.8) is 0 Å². The molecule has 0 aliphatic heterocycles. The number of carboxylic acid groups (broad SMARTS) is 1. The van der Waals surface area contributed by atoms with Crippen LogP contribution in [-0.4, -0.2) is 34.9 Å². The smallest absolute Gasteiger partial charge is 0.328 e. The van der Waals surface area contributed by atoms with E-state index in [1.165, 1.54) is 0 Å². The Morgan fingerprint density at radius 3 is 2.67 bits per heavy atom. The number of rotatable bonds is 4. The van der Waals surface area contributed by atoms with E-state index in [1.54, 1.807) is 6.07 Å². The van der Waals surface area contributed by atoms with E-state index in [4.69, 9.17) is 10.2 Å². The summed E-state index contributed by atoms with van der Waals surface area (Å²) in [7, 11) is 0. The van der Waals surface area contributed by atoms with Gasteiger partial charge in [-0.15, -0.1) is 0 Å². The number of anilines is 1. The van der Waals surface area contributed by atoms with Crippen LogP contribution in [0.2, 0.25) is 0 Å². The molecule has 1 rings (SSSR count). The number of aryl methyl sites for hydroxylation is 1. The summed E-state index contributed by atoms with van der Waals surface area (Å²) in [5.74, 6) is -1.29. The van der Waals surface area contributed by atoms with Crippen molar-refractivity contribution in [3.8, 4) is 0 Å². The van der Waals surface area contributed by atoms with Crippen LogP contribution in [0.1, 0.15) is 5.56 Å². The minimum atomic E-state index is -1.31. The summed E-state index contributed by atoms with van der Waals surface area (Å²) in [5.41, 5.74) is 1.46. The molecule has 1 atom stereocenters. The number of hydrogen-bond donors (Lipinski definition) is 4. The molecule has 4 N–H and O–H groups in total. The van der Waals surface area contributed by atoms with Gasteiger partial charge in [-0.2, -0.15) is 0 Å². The fourth-order valence-corrected chi connectivity index (χ4v) is 1.72. The first-order valence-corrected chi connectivity index (χ1v) is 6.19. The Morgan fingerprint density at radius 2 is 2.11 bits per heavy atom. The Bertz CT molecular complexity index is 464. The Morgan fingerprint density at radius 1 is 1.44 bits per heavy atom. The summed E-state index contributed by atoms with van der Waals surface area (Å²) in [6, 6.07) is 3.53. The summed E-state index contributed by atoms with van der Waals surface area (Å²) in [4.78, 5) is 22.2. The number of urea groups is 1. The third kappa shape index (κ3) is 4.15. The average Bonchev–Trinajstić information content (AvgIpc) is 2.30. The van der Waals surface area contributed by atoms with Gasteiger partial charge in [0.05, 0.1) is 6.61 Å². The van der Waals surface area contributed by atoms with Gasteiger partial charge < -0.3 is 20.8 Å². The molecule has 0 aromatic heterocycles. The minimum Gasteiger partial charge on any atom is -0.480 e. The number of carbonyl (C=O) groups excluding carboxylic acids is 1. The lowest BCUT2D eigenvalue weighted by Crippen LogP contribution is -2.45. The topological polar surface area (TPSA) is 98.7 Å². The summed E-state index contributed by atoms with van der Waals surface area (Å²) >= 11 is 2.11. The van der Waals surface area contributed by atoms with Crippen LogP contribution in [0.25, 0.3) is 0 Å². The van der Waals surface area contributed by atoms with Gasteiger partial charge in [0.2, 0.25) is 0 Å². The third-order valence-corrected chi connectivity index (χ3v) is 2.90. The molecule has 7 heteroatoms. The predicted molar refractivity (Wildman–Crippen MR) is 74.6 cm³/mol. The van der Waals surface area contributed by atoms with Crippen molar-refractivity contribution in [2.45, 2.75) is 13.0 Å². The molecule has 0 spiro atoms. The molecule has 1 aromatic carbocycles. The number of halogens is 1. The monoisotopic (exact) mass is 364 g/mol. The van der Waals surface area contributed by atoms with Crippen molar-refractivity contribution in [1.29, 1.82) is 0 Å². The second-order valence-corrected chi connectivity index (χ2v) is 4.88. The van der Waals surface area contributed by atoms with Gasteiger partial charge in [0.1, 0.15) is 0 Å². The molecule has 2 amide bonds. The molecule has 1 aromatic rings. The lowest BCUT2D eigenvalue weighted by Gasteiger charge is -2.14. The van der Waals surface area contributed by atoms with Crippen LogP contribution in [0, 0.1) is 10.5 Å². The maximum atomic E-state index is 11.6. The SMILES string of the molecule is Cc1ccc(I)cc1NC(=O)N[C@H](CO)C(=O)O. The normalized spacial score (nSPS) is 11.7. The quantitative estimate of drug-likeness (QED) is 0.603. The molecule has 0 unspecified atom stereocenters.